The molecule has 2 aromatic heterocycles. The number of H-pyrrole nitrogens is 1. The Bertz CT molecular complexity index is 1400. The van der Waals surface area contributed by atoms with E-state index in [1.165, 1.54) is 32.1 Å². The smallest absolute Gasteiger partial charge is 0.255 e. The third kappa shape index (κ3) is 6.20. The molecule has 2 aromatic carbocycles. The first kappa shape index (κ1) is 25.7. The summed E-state index contributed by atoms with van der Waals surface area (Å²) in [5.74, 6) is 2.33. The van der Waals surface area contributed by atoms with Crippen LogP contribution >= 0.6 is 0 Å². The van der Waals surface area contributed by atoms with E-state index < -0.39 is 0 Å². The maximum atomic E-state index is 12.9. The normalized spacial score (nSPS) is 18.6. The largest absolute Gasteiger partial charge is 0.341 e. The van der Waals surface area contributed by atoms with Crippen molar-refractivity contribution in [1.29, 1.82) is 0 Å². The Hall–Kier alpha value is -3.56. The van der Waals surface area contributed by atoms with E-state index in [-0.39, 0.29) is 5.91 Å². The van der Waals surface area contributed by atoms with Crippen molar-refractivity contribution >= 4 is 22.6 Å². The minimum Gasteiger partial charge on any atom is -0.341 e. The third-order valence-corrected chi connectivity index (χ3v) is 8.23. The second-order valence-electron chi connectivity index (χ2n) is 11.1. The fourth-order valence-electron chi connectivity index (χ4n) is 5.86. The number of aromatic nitrogens is 5. The van der Waals surface area contributed by atoms with Gasteiger partial charge in [0.1, 0.15) is 12.2 Å². The van der Waals surface area contributed by atoms with Crippen LogP contribution in [0.3, 0.4) is 0 Å². The SMILES string of the molecule is C[C@H]1CCCN1Cc1nc2ccc(NC(=O)c3ccc(-c4ncn(CCCC5CCNCC5)n4)cc3)cc2[nH]1. The number of benzene rings is 2. The van der Waals surface area contributed by atoms with Gasteiger partial charge < -0.3 is 15.6 Å². The first-order valence-electron chi connectivity index (χ1n) is 14.4. The topological polar surface area (TPSA) is 104 Å². The molecule has 9 heteroatoms. The van der Waals surface area contributed by atoms with Crippen LogP contribution in [-0.4, -0.2) is 61.2 Å². The summed E-state index contributed by atoms with van der Waals surface area (Å²) in [6.45, 7) is 7.40. The number of nitrogens with zero attached hydrogens (tertiary/aromatic N) is 5. The van der Waals surface area contributed by atoms with Gasteiger partial charge in [0.2, 0.25) is 0 Å². The van der Waals surface area contributed by atoms with E-state index in [1.807, 2.05) is 47.1 Å². The summed E-state index contributed by atoms with van der Waals surface area (Å²) >= 11 is 0. The van der Waals surface area contributed by atoms with Gasteiger partial charge >= 0.3 is 0 Å². The Labute approximate surface area is 229 Å². The molecular formula is C30H38N8O. The summed E-state index contributed by atoms with van der Waals surface area (Å²) in [5, 5.41) is 11.1. The molecule has 6 rings (SSSR count). The molecule has 0 bridgehead atoms. The van der Waals surface area contributed by atoms with Crippen molar-refractivity contribution in [1.82, 2.24) is 34.9 Å². The average Bonchev–Trinajstić information content (AvgIpc) is 3.69. The zero-order chi connectivity index (χ0) is 26.6. The van der Waals surface area contributed by atoms with Crippen LogP contribution in [0.15, 0.2) is 48.8 Å². The molecule has 204 valence electrons. The third-order valence-electron chi connectivity index (χ3n) is 8.23. The fraction of sp³-hybridized carbons (Fsp3) is 0.467. The Morgan fingerprint density at radius 2 is 1.95 bits per heavy atom. The zero-order valence-electron chi connectivity index (χ0n) is 22.7. The molecule has 0 saturated carbocycles. The molecule has 2 fully saturated rings. The van der Waals surface area contributed by atoms with Gasteiger partial charge in [-0.1, -0.05) is 12.1 Å². The maximum Gasteiger partial charge on any atom is 0.255 e. The number of imidazole rings is 1. The second kappa shape index (κ2) is 11.7. The average molecular weight is 527 g/mol. The van der Waals surface area contributed by atoms with E-state index in [4.69, 9.17) is 4.98 Å². The highest BCUT2D eigenvalue weighted by molar-refractivity contribution is 6.05. The molecule has 0 radical (unpaired) electrons. The van der Waals surface area contributed by atoms with E-state index in [0.717, 1.165) is 73.2 Å². The van der Waals surface area contributed by atoms with Gasteiger partial charge in [-0.3, -0.25) is 14.4 Å². The summed E-state index contributed by atoms with van der Waals surface area (Å²) in [6, 6.07) is 13.9. The van der Waals surface area contributed by atoms with Gasteiger partial charge in [-0.05, 0) is 101 Å². The standard InChI is InChI=1S/C30H38N8O/c1-21-4-2-16-37(21)19-28-34-26-11-10-25(18-27(26)35-28)33-30(39)24-8-6-23(7-9-24)29-32-20-38(36-29)17-3-5-22-12-14-31-15-13-22/h6-11,18,20-22,31H,2-5,12-17,19H2,1H3,(H,33,39)(H,34,35)/t21-/m0/s1. The number of fused-ring (bicyclic) bond motifs is 1. The predicted octanol–water partition coefficient (Wildman–Crippen LogP) is 4.84. The van der Waals surface area contributed by atoms with Gasteiger partial charge in [-0.15, -0.1) is 0 Å². The molecular weight excluding hydrogens is 488 g/mol. The van der Waals surface area contributed by atoms with Gasteiger partial charge in [0.25, 0.3) is 5.91 Å². The fourth-order valence-corrected chi connectivity index (χ4v) is 5.86. The van der Waals surface area contributed by atoms with Crippen LogP contribution in [0.5, 0.6) is 0 Å². The quantitative estimate of drug-likeness (QED) is 0.288. The van der Waals surface area contributed by atoms with Gasteiger partial charge in [0.05, 0.1) is 17.6 Å². The number of likely N-dealkylation sites (tertiary alicyclic amines) is 1. The van der Waals surface area contributed by atoms with Gasteiger partial charge in [0, 0.05) is 29.4 Å². The Morgan fingerprint density at radius 3 is 2.74 bits per heavy atom. The van der Waals surface area contributed by atoms with Crippen LogP contribution < -0.4 is 10.6 Å². The molecule has 9 nitrogen and oxygen atoms in total. The molecule has 0 aliphatic carbocycles. The number of carbonyl (C=O) groups is 1. The summed E-state index contributed by atoms with van der Waals surface area (Å²) < 4.78 is 1.93. The molecule has 2 saturated heterocycles. The summed E-state index contributed by atoms with van der Waals surface area (Å²) in [5.41, 5.74) is 4.09. The highest BCUT2D eigenvalue weighted by Crippen LogP contribution is 2.23. The predicted molar refractivity (Wildman–Crippen MR) is 153 cm³/mol. The van der Waals surface area contributed by atoms with E-state index in [0.29, 0.717) is 17.4 Å². The minimum absolute atomic E-state index is 0.150. The number of rotatable bonds is 9. The second-order valence-corrected chi connectivity index (χ2v) is 11.1. The molecule has 2 aliphatic rings. The molecule has 39 heavy (non-hydrogen) atoms. The molecule has 0 unspecified atom stereocenters. The summed E-state index contributed by atoms with van der Waals surface area (Å²) in [7, 11) is 0. The molecule has 4 aromatic rings. The number of carbonyl (C=O) groups excluding carboxylic acids is 1. The Morgan fingerprint density at radius 1 is 1.10 bits per heavy atom. The van der Waals surface area contributed by atoms with Crippen LogP contribution in [0.2, 0.25) is 0 Å². The minimum atomic E-state index is -0.150. The zero-order valence-corrected chi connectivity index (χ0v) is 22.7. The summed E-state index contributed by atoms with van der Waals surface area (Å²) in [6.07, 6.45) is 9.22. The monoisotopic (exact) mass is 526 g/mol. The summed E-state index contributed by atoms with van der Waals surface area (Å²) in [4.78, 5) is 28.1. The number of aryl methyl sites for hydroxylation is 1. The number of amides is 1. The lowest BCUT2D eigenvalue weighted by atomic mass is 9.93. The first-order valence-corrected chi connectivity index (χ1v) is 14.4. The number of aromatic amines is 1. The van der Waals surface area contributed by atoms with Crippen molar-refractivity contribution in [3.8, 4) is 11.4 Å². The first-order chi connectivity index (χ1) is 19.1. The van der Waals surface area contributed by atoms with Gasteiger partial charge in [-0.25, -0.2) is 9.97 Å². The molecule has 3 N–H and O–H groups in total. The van der Waals surface area contributed by atoms with Crippen LogP contribution in [0, 0.1) is 5.92 Å². The molecule has 4 heterocycles. The lowest BCUT2D eigenvalue weighted by molar-refractivity contribution is 0.102. The van der Waals surface area contributed by atoms with Crippen molar-refractivity contribution in [2.75, 3.05) is 25.0 Å². The van der Waals surface area contributed by atoms with Gasteiger partial charge in [-0.2, -0.15) is 5.10 Å². The molecule has 1 amide bonds. The van der Waals surface area contributed by atoms with Crippen LogP contribution in [0.1, 0.15) is 61.6 Å². The van der Waals surface area contributed by atoms with E-state index in [2.05, 4.69) is 37.5 Å². The lowest BCUT2D eigenvalue weighted by Crippen LogP contribution is -2.27. The molecule has 1 atom stereocenters. The van der Waals surface area contributed by atoms with Crippen LogP contribution in [0.4, 0.5) is 5.69 Å². The van der Waals surface area contributed by atoms with Crippen molar-refractivity contribution in [3.05, 3.63) is 60.2 Å². The lowest BCUT2D eigenvalue weighted by Gasteiger charge is -2.22. The van der Waals surface area contributed by atoms with E-state index >= 15 is 0 Å². The Kier molecular flexibility index (Phi) is 7.69. The highest BCUT2D eigenvalue weighted by Gasteiger charge is 2.21. The molecule has 2 aliphatic heterocycles. The molecule has 0 spiro atoms. The van der Waals surface area contributed by atoms with Crippen molar-refractivity contribution < 1.29 is 4.79 Å². The van der Waals surface area contributed by atoms with Crippen molar-refractivity contribution in [2.45, 2.75) is 64.6 Å². The van der Waals surface area contributed by atoms with Crippen LogP contribution in [-0.2, 0) is 13.1 Å². The number of nitrogens with one attached hydrogen (secondary N) is 3. The van der Waals surface area contributed by atoms with Gasteiger partial charge in [0.15, 0.2) is 5.82 Å². The number of piperidine rings is 1. The van der Waals surface area contributed by atoms with Crippen molar-refractivity contribution in [2.24, 2.45) is 5.92 Å². The van der Waals surface area contributed by atoms with E-state index in [9.17, 15) is 4.79 Å². The Balaban J connectivity index is 1.04. The number of hydrogen-bond acceptors (Lipinski definition) is 6. The van der Waals surface area contributed by atoms with Crippen LogP contribution in [0.25, 0.3) is 22.4 Å². The number of hydrogen-bond donors (Lipinski definition) is 3. The van der Waals surface area contributed by atoms with E-state index in [1.54, 1.807) is 6.33 Å². The van der Waals surface area contributed by atoms with Crippen molar-refractivity contribution in [3.63, 3.8) is 0 Å². The highest BCUT2D eigenvalue weighted by atomic mass is 16.1. The maximum absolute atomic E-state index is 12.9. The number of anilines is 1.